The third kappa shape index (κ3) is 4.07. The fraction of sp³-hybridized carbons (Fsp3) is 0.462. The third-order valence-electron chi connectivity index (χ3n) is 2.51. The number of carbonyl (C=O) groups excluding carboxylic acids is 1. The van der Waals surface area contributed by atoms with Crippen molar-refractivity contribution in [1.82, 2.24) is 0 Å². The first-order chi connectivity index (χ1) is 8.04. The molecule has 0 aliphatic carbocycles. The van der Waals surface area contributed by atoms with Gasteiger partial charge in [0.25, 0.3) is 0 Å². The molecule has 0 aromatic heterocycles. The van der Waals surface area contributed by atoms with Crippen LogP contribution in [0.25, 0.3) is 0 Å². The molecule has 1 atom stereocenters. The maximum atomic E-state index is 11.8. The molecule has 0 aliphatic rings. The Labute approximate surface area is 102 Å². The summed E-state index contributed by atoms with van der Waals surface area (Å²) in [6, 6.07) is 5.15. The number of ether oxygens (including phenoxy) is 2. The standard InChI is InChI=1S/C13H19NO3/c1-9-8-11(14)4-5-12(9)13(15)17-10(2)6-7-16-3/h4-5,8,10H,6-7,14H2,1-3H3. The van der Waals surface area contributed by atoms with E-state index < -0.39 is 0 Å². The normalized spacial score (nSPS) is 12.2. The molecule has 0 spiro atoms. The molecule has 0 aliphatic heterocycles. The molecule has 0 heterocycles. The molecule has 94 valence electrons. The van der Waals surface area contributed by atoms with Crippen LogP contribution in [0.3, 0.4) is 0 Å². The van der Waals surface area contributed by atoms with Crippen molar-refractivity contribution < 1.29 is 14.3 Å². The van der Waals surface area contributed by atoms with Gasteiger partial charge in [0.05, 0.1) is 5.56 Å². The highest BCUT2D eigenvalue weighted by atomic mass is 16.5. The van der Waals surface area contributed by atoms with Crippen LogP contribution < -0.4 is 5.73 Å². The Morgan fingerprint density at radius 3 is 2.76 bits per heavy atom. The lowest BCUT2D eigenvalue weighted by Gasteiger charge is -2.13. The molecule has 2 N–H and O–H groups in total. The van der Waals surface area contributed by atoms with Gasteiger partial charge in [-0.05, 0) is 37.6 Å². The van der Waals surface area contributed by atoms with Crippen LogP contribution in [0.4, 0.5) is 5.69 Å². The maximum Gasteiger partial charge on any atom is 0.338 e. The Morgan fingerprint density at radius 2 is 2.18 bits per heavy atom. The van der Waals surface area contributed by atoms with Crippen molar-refractivity contribution in [2.24, 2.45) is 0 Å². The number of hydrogen-bond acceptors (Lipinski definition) is 4. The molecule has 0 saturated heterocycles. The van der Waals surface area contributed by atoms with Crippen molar-refractivity contribution in [3.8, 4) is 0 Å². The van der Waals surface area contributed by atoms with Gasteiger partial charge in [0.15, 0.2) is 0 Å². The lowest BCUT2D eigenvalue weighted by atomic mass is 10.1. The monoisotopic (exact) mass is 237 g/mol. The van der Waals surface area contributed by atoms with Gasteiger partial charge >= 0.3 is 5.97 Å². The van der Waals surface area contributed by atoms with Gasteiger partial charge in [-0.25, -0.2) is 4.79 Å². The smallest absolute Gasteiger partial charge is 0.338 e. The summed E-state index contributed by atoms with van der Waals surface area (Å²) in [5.74, 6) is -0.314. The van der Waals surface area contributed by atoms with Crippen molar-refractivity contribution in [2.45, 2.75) is 26.4 Å². The summed E-state index contributed by atoms with van der Waals surface area (Å²) < 4.78 is 10.2. The quantitative estimate of drug-likeness (QED) is 0.629. The number of carbonyl (C=O) groups is 1. The third-order valence-corrected chi connectivity index (χ3v) is 2.51. The van der Waals surface area contributed by atoms with Crippen LogP contribution in [-0.4, -0.2) is 25.8 Å². The minimum atomic E-state index is -0.314. The van der Waals surface area contributed by atoms with Gasteiger partial charge in [-0.1, -0.05) is 0 Å². The number of nitrogens with two attached hydrogens (primary N) is 1. The molecule has 1 aromatic rings. The van der Waals surface area contributed by atoms with Crippen molar-refractivity contribution in [1.29, 1.82) is 0 Å². The number of hydrogen-bond donors (Lipinski definition) is 1. The fourth-order valence-corrected chi connectivity index (χ4v) is 1.50. The van der Waals surface area contributed by atoms with Crippen molar-refractivity contribution >= 4 is 11.7 Å². The van der Waals surface area contributed by atoms with E-state index in [0.29, 0.717) is 24.3 Å². The summed E-state index contributed by atoms with van der Waals surface area (Å²) in [6.07, 6.45) is 0.537. The van der Waals surface area contributed by atoms with Crippen LogP contribution in [0.5, 0.6) is 0 Å². The van der Waals surface area contributed by atoms with Crippen molar-refractivity contribution in [3.05, 3.63) is 29.3 Å². The Hall–Kier alpha value is -1.55. The molecule has 0 radical (unpaired) electrons. The fourth-order valence-electron chi connectivity index (χ4n) is 1.50. The molecular weight excluding hydrogens is 218 g/mol. The lowest BCUT2D eigenvalue weighted by molar-refractivity contribution is 0.0266. The summed E-state index contributed by atoms with van der Waals surface area (Å²) in [5.41, 5.74) is 7.66. The highest BCUT2D eigenvalue weighted by Crippen LogP contribution is 2.14. The van der Waals surface area contributed by atoms with E-state index in [-0.39, 0.29) is 12.1 Å². The second kappa shape index (κ2) is 6.25. The Kier molecular flexibility index (Phi) is 4.97. The second-order valence-corrected chi connectivity index (χ2v) is 4.07. The van der Waals surface area contributed by atoms with Crippen molar-refractivity contribution in [2.75, 3.05) is 19.5 Å². The number of aryl methyl sites for hydroxylation is 1. The zero-order valence-corrected chi connectivity index (χ0v) is 10.5. The largest absolute Gasteiger partial charge is 0.459 e. The van der Waals surface area contributed by atoms with E-state index in [1.165, 1.54) is 0 Å². The van der Waals surface area contributed by atoms with Gasteiger partial charge in [-0.2, -0.15) is 0 Å². The molecule has 0 saturated carbocycles. The average molecular weight is 237 g/mol. The summed E-state index contributed by atoms with van der Waals surface area (Å²) in [4.78, 5) is 11.8. The van der Waals surface area contributed by atoms with Gasteiger partial charge in [0.1, 0.15) is 6.10 Å². The zero-order chi connectivity index (χ0) is 12.8. The topological polar surface area (TPSA) is 61.5 Å². The first kappa shape index (κ1) is 13.5. The lowest BCUT2D eigenvalue weighted by Crippen LogP contribution is -2.17. The molecule has 1 aromatic carbocycles. The predicted octanol–water partition coefficient (Wildman–Crippen LogP) is 2.16. The van der Waals surface area contributed by atoms with E-state index >= 15 is 0 Å². The number of benzene rings is 1. The van der Waals surface area contributed by atoms with Gasteiger partial charge < -0.3 is 15.2 Å². The Balaban J connectivity index is 2.63. The molecule has 4 nitrogen and oxygen atoms in total. The first-order valence-electron chi connectivity index (χ1n) is 5.60. The SMILES string of the molecule is COCCC(C)OC(=O)c1ccc(N)cc1C. The van der Waals surface area contributed by atoms with Gasteiger partial charge in [0.2, 0.25) is 0 Å². The molecule has 1 unspecified atom stereocenters. The molecule has 0 fully saturated rings. The molecule has 17 heavy (non-hydrogen) atoms. The first-order valence-corrected chi connectivity index (χ1v) is 5.60. The van der Waals surface area contributed by atoms with E-state index in [1.54, 1.807) is 25.3 Å². The molecular formula is C13H19NO3. The van der Waals surface area contributed by atoms with Crippen LogP contribution >= 0.6 is 0 Å². The van der Waals surface area contributed by atoms with Crippen LogP contribution in [0.2, 0.25) is 0 Å². The number of rotatable bonds is 5. The number of esters is 1. The molecule has 1 rings (SSSR count). The van der Waals surface area contributed by atoms with Gasteiger partial charge in [-0.3, -0.25) is 0 Å². The number of methoxy groups -OCH3 is 1. The number of anilines is 1. The van der Waals surface area contributed by atoms with E-state index in [0.717, 1.165) is 5.56 Å². The minimum Gasteiger partial charge on any atom is -0.459 e. The van der Waals surface area contributed by atoms with Crippen LogP contribution in [0, 0.1) is 6.92 Å². The maximum absolute atomic E-state index is 11.8. The summed E-state index contributed by atoms with van der Waals surface area (Å²) in [5, 5.41) is 0. The van der Waals surface area contributed by atoms with Crippen LogP contribution in [-0.2, 0) is 9.47 Å². The Morgan fingerprint density at radius 1 is 1.47 bits per heavy atom. The predicted molar refractivity (Wildman–Crippen MR) is 67.0 cm³/mol. The highest BCUT2D eigenvalue weighted by molar-refractivity contribution is 5.91. The van der Waals surface area contributed by atoms with Crippen molar-refractivity contribution in [3.63, 3.8) is 0 Å². The van der Waals surface area contributed by atoms with Crippen LogP contribution in [0.1, 0.15) is 29.3 Å². The summed E-state index contributed by atoms with van der Waals surface area (Å²) in [7, 11) is 1.62. The van der Waals surface area contributed by atoms with E-state index in [9.17, 15) is 4.79 Å². The van der Waals surface area contributed by atoms with Gasteiger partial charge in [0, 0.05) is 25.8 Å². The van der Waals surface area contributed by atoms with E-state index in [2.05, 4.69) is 0 Å². The van der Waals surface area contributed by atoms with Gasteiger partial charge in [-0.15, -0.1) is 0 Å². The van der Waals surface area contributed by atoms with E-state index in [1.807, 2.05) is 13.8 Å². The molecule has 4 heteroatoms. The molecule has 0 bridgehead atoms. The minimum absolute atomic E-state index is 0.153. The average Bonchev–Trinajstić information content (AvgIpc) is 2.26. The summed E-state index contributed by atoms with van der Waals surface area (Å²) >= 11 is 0. The molecule has 0 amide bonds. The second-order valence-electron chi connectivity index (χ2n) is 4.07. The summed E-state index contributed by atoms with van der Waals surface area (Å²) in [6.45, 7) is 4.27. The zero-order valence-electron chi connectivity index (χ0n) is 10.5. The Bertz CT molecular complexity index is 390. The van der Waals surface area contributed by atoms with E-state index in [4.69, 9.17) is 15.2 Å². The highest BCUT2D eigenvalue weighted by Gasteiger charge is 2.14. The number of nitrogen functional groups attached to an aromatic ring is 1. The van der Waals surface area contributed by atoms with Crippen LogP contribution in [0.15, 0.2) is 18.2 Å².